The van der Waals surface area contributed by atoms with Gasteiger partial charge in [0.1, 0.15) is 11.9 Å². The molecule has 0 bridgehead atoms. The molecule has 2 heterocycles. The molecule has 2 aromatic heterocycles. The largest absolute Gasteiger partial charge is 0.507 e. The van der Waals surface area contributed by atoms with Gasteiger partial charge in [-0.3, -0.25) is 0 Å². The molecule has 2 N–H and O–H groups in total. The van der Waals surface area contributed by atoms with Crippen LogP contribution >= 0.6 is 0 Å². The summed E-state index contributed by atoms with van der Waals surface area (Å²) in [6.45, 7) is 2.01. The third kappa shape index (κ3) is 1.65. The van der Waals surface area contributed by atoms with E-state index in [2.05, 4.69) is 4.98 Å². The zero-order valence-corrected chi connectivity index (χ0v) is 9.51. The second-order valence-electron chi connectivity index (χ2n) is 4.18. The number of rotatable bonds is 1. The van der Waals surface area contributed by atoms with Gasteiger partial charge in [-0.15, -0.1) is 0 Å². The van der Waals surface area contributed by atoms with E-state index in [-0.39, 0.29) is 0 Å². The van der Waals surface area contributed by atoms with E-state index in [1.807, 2.05) is 54.0 Å². The lowest BCUT2D eigenvalue weighted by molar-refractivity contribution is -0.509. The van der Waals surface area contributed by atoms with Crippen LogP contribution in [-0.4, -0.2) is 10.1 Å². The van der Waals surface area contributed by atoms with Crippen molar-refractivity contribution in [2.24, 2.45) is 0 Å². The molecule has 84 valence electrons. The van der Waals surface area contributed by atoms with Crippen LogP contribution in [0.25, 0.3) is 16.9 Å². The normalized spacial score (nSPS) is 10.9. The SMILES string of the molecule is Cc1ccc(O)c(-c2c[n+]3ccccc3[nH]2)c1. The highest BCUT2D eigenvalue weighted by molar-refractivity contribution is 5.67. The van der Waals surface area contributed by atoms with E-state index < -0.39 is 0 Å². The molecule has 0 aliphatic heterocycles. The van der Waals surface area contributed by atoms with Crippen molar-refractivity contribution in [3.63, 3.8) is 0 Å². The van der Waals surface area contributed by atoms with E-state index >= 15 is 0 Å². The van der Waals surface area contributed by atoms with Gasteiger partial charge in [-0.1, -0.05) is 17.7 Å². The number of hydrogen-bond acceptors (Lipinski definition) is 1. The molecule has 0 amide bonds. The van der Waals surface area contributed by atoms with Crippen LogP contribution < -0.4 is 4.40 Å². The van der Waals surface area contributed by atoms with Crippen molar-refractivity contribution in [2.45, 2.75) is 6.92 Å². The molecule has 3 rings (SSSR count). The zero-order valence-electron chi connectivity index (χ0n) is 9.51. The maximum absolute atomic E-state index is 9.88. The van der Waals surface area contributed by atoms with E-state index in [1.165, 1.54) is 0 Å². The number of aromatic hydroxyl groups is 1. The Hall–Kier alpha value is -2.29. The minimum absolute atomic E-state index is 0.294. The van der Waals surface area contributed by atoms with Crippen molar-refractivity contribution in [1.29, 1.82) is 0 Å². The van der Waals surface area contributed by atoms with Gasteiger partial charge < -0.3 is 5.11 Å². The van der Waals surface area contributed by atoms with Crippen molar-refractivity contribution >= 4 is 5.65 Å². The van der Waals surface area contributed by atoms with Gasteiger partial charge in [-0.25, -0.2) is 9.38 Å². The van der Waals surface area contributed by atoms with Crippen LogP contribution in [0.1, 0.15) is 5.56 Å². The highest BCUT2D eigenvalue weighted by Crippen LogP contribution is 2.28. The average Bonchev–Trinajstić information content (AvgIpc) is 2.75. The Morgan fingerprint density at radius 2 is 2.06 bits per heavy atom. The van der Waals surface area contributed by atoms with Crippen molar-refractivity contribution in [2.75, 3.05) is 0 Å². The predicted molar refractivity (Wildman–Crippen MR) is 65.8 cm³/mol. The molecule has 0 unspecified atom stereocenters. The molecule has 1 aromatic carbocycles. The topological polar surface area (TPSA) is 40.1 Å². The van der Waals surface area contributed by atoms with Gasteiger partial charge >= 0.3 is 0 Å². The molecule has 3 heteroatoms. The number of imidazole rings is 1. The molecule has 0 aliphatic carbocycles. The maximum atomic E-state index is 9.88. The number of pyridine rings is 1. The number of benzene rings is 1. The standard InChI is InChI=1S/C14H12N2O/c1-10-5-6-13(17)11(8-10)12-9-16-7-3-2-4-14(16)15-12/h2-9,17H,1H3/p+1. The van der Waals surface area contributed by atoms with E-state index in [0.29, 0.717) is 5.75 Å². The minimum atomic E-state index is 0.294. The Morgan fingerprint density at radius 3 is 2.88 bits per heavy atom. The number of nitrogens with one attached hydrogen (secondary N) is 1. The van der Waals surface area contributed by atoms with E-state index in [9.17, 15) is 5.11 Å². The van der Waals surface area contributed by atoms with Gasteiger partial charge in [0.15, 0.2) is 5.69 Å². The molecular formula is C14H13N2O+. The van der Waals surface area contributed by atoms with Gasteiger partial charge in [0.25, 0.3) is 5.65 Å². The Labute approximate surface area is 99.0 Å². The minimum Gasteiger partial charge on any atom is -0.507 e. The fourth-order valence-electron chi connectivity index (χ4n) is 1.99. The van der Waals surface area contributed by atoms with Crippen LogP contribution in [0.3, 0.4) is 0 Å². The van der Waals surface area contributed by atoms with Gasteiger partial charge in [0.2, 0.25) is 0 Å². The first-order valence-corrected chi connectivity index (χ1v) is 5.53. The first-order valence-electron chi connectivity index (χ1n) is 5.53. The van der Waals surface area contributed by atoms with Crippen LogP contribution in [0.5, 0.6) is 5.75 Å². The highest BCUT2D eigenvalue weighted by Gasteiger charge is 2.13. The summed E-state index contributed by atoms with van der Waals surface area (Å²) in [7, 11) is 0. The van der Waals surface area contributed by atoms with Crippen LogP contribution in [0.4, 0.5) is 0 Å². The molecule has 0 radical (unpaired) electrons. The number of nitrogens with zero attached hydrogens (tertiary/aromatic N) is 1. The summed E-state index contributed by atoms with van der Waals surface area (Å²) in [6.07, 6.45) is 3.95. The highest BCUT2D eigenvalue weighted by atomic mass is 16.3. The molecular weight excluding hydrogens is 212 g/mol. The summed E-state index contributed by atoms with van der Waals surface area (Å²) >= 11 is 0. The third-order valence-electron chi connectivity index (χ3n) is 2.86. The molecule has 0 atom stereocenters. The molecule has 0 saturated carbocycles. The molecule has 0 spiro atoms. The summed E-state index contributed by atoms with van der Waals surface area (Å²) < 4.78 is 2.00. The van der Waals surface area contributed by atoms with Gasteiger partial charge in [0.05, 0.1) is 11.8 Å². The lowest BCUT2D eigenvalue weighted by Crippen LogP contribution is -2.15. The fourth-order valence-corrected chi connectivity index (χ4v) is 1.99. The number of aromatic amines is 1. The lowest BCUT2D eigenvalue weighted by atomic mass is 10.1. The van der Waals surface area contributed by atoms with E-state index in [0.717, 1.165) is 22.5 Å². The van der Waals surface area contributed by atoms with E-state index in [1.54, 1.807) is 6.07 Å². The Bertz CT molecular complexity index is 653. The molecule has 3 aromatic rings. The molecule has 0 fully saturated rings. The van der Waals surface area contributed by atoms with Gasteiger partial charge in [-0.2, -0.15) is 0 Å². The maximum Gasteiger partial charge on any atom is 0.284 e. The summed E-state index contributed by atoms with van der Waals surface area (Å²) in [5, 5.41) is 9.88. The van der Waals surface area contributed by atoms with Crippen LogP contribution in [0, 0.1) is 6.92 Å². The smallest absolute Gasteiger partial charge is 0.284 e. The number of phenols is 1. The number of hydrogen-bond donors (Lipinski definition) is 2. The van der Waals surface area contributed by atoms with Gasteiger partial charge in [0, 0.05) is 6.07 Å². The van der Waals surface area contributed by atoms with Crippen molar-refractivity contribution < 1.29 is 9.51 Å². The van der Waals surface area contributed by atoms with E-state index in [4.69, 9.17) is 0 Å². The number of H-pyrrole nitrogens is 1. The van der Waals surface area contributed by atoms with Crippen LogP contribution in [-0.2, 0) is 0 Å². The number of fused-ring (bicyclic) bond motifs is 1. The summed E-state index contributed by atoms with van der Waals surface area (Å²) in [6, 6.07) is 11.5. The second-order valence-corrected chi connectivity index (χ2v) is 4.18. The molecule has 17 heavy (non-hydrogen) atoms. The second kappa shape index (κ2) is 3.63. The molecule has 3 nitrogen and oxygen atoms in total. The number of aromatic nitrogens is 2. The first-order chi connectivity index (χ1) is 8.24. The summed E-state index contributed by atoms with van der Waals surface area (Å²) in [5.74, 6) is 0.294. The van der Waals surface area contributed by atoms with Gasteiger partial charge in [-0.05, 0) is 25.1 Å². The monoisotopic (exact) mass is 225 g/mol. The predicted octanol–water partition coefficient (Wildman–Crippen LogP) is 2.43. The average molecular weight is 225 g/mol. The van der Waals surface area contributed by atoms with Crippen molar-refractivity contribution in [3.8, 4) is 17.0 Å². The quantitative estimate of drug-likeness (QED) is 0.613. The number of phenolic OH excluding ortho intramolecular Hbond substituents is 1. The Balaban J connectivity index is 2.23. The third-order valence-corrected chi connectivity index (χ3v) is 2.86. The number of aryl methyl sites for hydroxylation is 1. The summed E-state index contributed by atoms with van der Waals surface area (Å²) in [5.41, 5.74) is 3.87. The Kier molecular flexibility index (Phi) is 2.11. The lowest BCUT2D eigenvalue weighted by Gasteiger charge is -1.99. The van der Waals surface area contributed by atoms with Crippen molar-refractivity contribution in [3.05, 3.63) is 54.4 Å². The van der Waals surface area contributed by atoms with Crippen LogP contribution in [0.15, 0.2) is 48.8 Å². The van der Waals surface area contributed by atoms with Crippen LogP contribution in [0.2, 0.25) is 0 Å². The molecule has 0 saturated heterocycles. The summed E-state index contributed by atoms with van der Waals surface area (Å²) in [4.78, 5) is 3.28. The molecule has 0 aliphatic rings. The van der Waals surface area contributed by atoms with Crippen molar-refractivity contribution in [1.82, 2.24) is 4.98 Å². The first kappa shape index (κ1) is 9.90. The Morgan fingerprint density at radius 1 is 1.18 bits per heavy atom. The fraction of sp³-hybridized carbons (Fsp3) is 0.0714. The zero-order chi connectivity index (χ0) is 11.8.